The maximum Gasteiger partial charge on any atom is 0.258 e. The predicted octanol–water partition coefficient (Wildman–Crippen LogP) is 1.03. The molecule has 2 amide bonds. The lowest BCUT2D eigenvalue weighted by Gasteiger charge is -2.19. The summed E-state index contributed by atoms with van der Waals surface area (Å²) in [6, 6.07) is 0. The van der Waals surface area contributed by atoms with Gasteiger partial charge in [-0.1, -0.05) is 0 Å². The van der Waals surface area contributed by atoms with Crippen LogP contribution >= 0.6 is 0 Å². The van der Waals surface area contributed by atoms with Gasteiger partial charge in [-0.2, -0.15) is 0 Å². The Balaban J connectivity index is 2.49. The highest BCUT2D eigenvalue weighted by Crippen LogP contribution is 2.30. The van der Waals surface area contributed by atoms with E-state index in [1.54, 1.807) is 28.2 Å². The monoisotopic (exact) mass is 277 g/mol. The van der Waals surface area contributed by atoms with E-state index in [-0.39, 0.29) is 29.0 Å². The van der Waals surface area contributed by atoms with Crippen LogP contribution in [0.2, 0.25) is 0 Å². The zero-order valence-corrected chi connectivity index (χ0v) is 12.2. The smallest absolute Gasteiger partial charge is 0.258 e. The first kappa shape index (κ1) is 14.3. The molecule has 0 spiro atoms. The third-order valence-corrected chi connectivity index (χ3v) is 2.99. The number of nitrogens with zero attached hydrogens (tertiary/aromatic N) is 3. The number of amides is 2. The molecule has 1 aromatic heterocycles. The molecule has 108 valence electrons. The molecular weight excluding hydrogens is 258 g/mol. The quantitative estimate of drug-likeness (QED) is 0.824. The average molecular weight is 277 g/mol. The molecule has 0 unspecified atom stereocenters. The van der Waals surface area contributed by atoms with Gasteiger partial charge in [0.05, 0.1) is 23.4 Å². The van der Waals surface area contributed by atoms with E-state index in [4.69, 9.17) is 4.74 Å². The minimum Gasteiger partial charge on any atom is -0.488 e. The molecule has 0 radical (unpaired) electrons. The highest BCUT2D eigenvalue weighted by atomic mass is 16.5. The Labute approximate surface area is 118 Å². The van der Waals surface area contributed by atoms with E-state index < -0.39 is 0 Å². The van der Waals surface area contributed by atoms with Crippen molar-refractivity contribution < 1.29 is 14.3 Å². The number of pyridine rings is 1. The third-order valence-electron chi connectivity index (χ3n) is 2.99. The molecule has 1 fully saturated rings. The van der Waals surface area contributed by atoms with Gasteiger partial charge in [-0.25, -0.2) is 0 Å². The zero-order chi connectivity index (χ0) is 14.9. The van der Waals surface area contributed by atoms with E-state index in [1.165, 1.54) is 22.2 Å². The van der Waals surface area contributed by atoms with E-state index in [2.05, 4.69) is 4.98 Å². The number of aromatic nitrogens is 1. The largest absolute Gasteiger partial charge is 0.488 e. The maximum atomic E-state index is 12.4. The summed E-state index contributed by atoms with van der Waals surface area (Å²) in [5, 5.41) is 0. The second-order valence-corrected chi connectivity index (χ2v) is 5.28. The van der Waals surface area contributed by atoms with E-state index in [0.717, 1.165) is 12.8 Å². The molecule has 6 nitrogen and oxygen atoms in total. The van der Waals surface area contributed by atoms with E-state index in [9.17, 15) is 9.59 Å². The van der Waals surface area contributed by atoms with Crippen LogP contribution in [0.25, 0.3) is 0 Å². The highest BCUT2D eigenvalue weighted by molar-refractivity contribution is 6.08. The molecule has 1 aromatic rings. The van der Waals surface area contributed by atoms with Crippen LogP contribution in [0.5, 0.6) is 5.75 Å². The summed E-state index contributed by atoms with van der Waals surface area (Å²) < 4.78 is 5.72. The van der Waals surface area contributed by atoms with Crippen LogP contribution in [0.3, 0.4) is 0 Å². The Morgan fingerprint density at radius 1 is 1.10 bits per heavy atom. The predicted molar refractivity (Wildman–Crippen MR) is 73.9 cm³/mol. The molecule has 2 rings (SSSR count). The summed E-state index contributed by atoms with van der Waals surface area (Å²) in [6.07, 6.45) is 5.00. The summed E-state index contributed by atoms with van der Waals surface area (Å²) >= 11 is 0. The molecular formula is C14H19N3O3. The van der Waals surface area contributed by atoms with Crippen molar-refractivity contribution in [1.82, 2.24) is 14.8 Å². The molecule has 1 aliphatic rings. The first-order valence-corrected chi connectivity index (χ1v) is 6.49. The van der Waals surface area contributed by atoms with Crippen molar-refractivity contribution >= 4 is 11.8 Å². The highest BCUT2D eigenvalue weighted by Gasteiger charge is 2.29. The Morgan fingerprint density at radius 3 is 2.20 bits per heavy atom. The van der Waals surface area contributed by atoms with Crippen molar-refractivity contribution in [3.8, 4) is 5.75 Å². The molecule has 20 heavy (non-hydrogen) atoms. The summed E-state index contributed by atoms with van der Waals surface area (Å²) in [5.74, 6) is -0.129. The summed E-state index contributed by atoms with van der Waals surface area (Å²) in [7, 11) is 6.57. The molecule has 1 saturated carbocycles. The minimum absolute atomic E-state index is 0.134. The van der Waals surface area contributed by atoms with Crippen molar-refractivity contribution in [2.75, 3.05) is 28.2 Å². The van der Waals surface area contributed by atoms with E-state index in [0.29, 0.717) is 5.75 Å². The second-order valence-electron chi connectivity index (χ2n) is 5.28. The lowest BCUT2D eigenvalue weighted by atomic mass is 10.1. The second kappa shape index (κ2) is 5.48. The standard InChI is InChI=1S/C14H19N3O3/c1-16(2)13(18)10-7-15-8-11(20-9-5-6-9)12(10)14(19)17(3)4/h7-9H,5-6H2,1-4H3. The first-order chi connectivity index (χ1) is 9.41. The topological polar surface area (TPSA) is 62.7 Å². The lowest BCUT2D eigenvalue weighted by Crippen LogP contribution is -2.29. The van der Waals surface area contributed by atoms with Crippen molar-refractivity contribution in [2.45, 2.75) is 18.9 Å². The van der Waals surface area contributed by atoms with Crippen LogP contribution in [0.1, 0.15) is 33.6 Å². The molecule has 6 heteroatoms. The van der Waals surface area contributed by atoms with Crippen molar-refractivity contribution in [1.29, 1.82) is 0 Å². The number of hydrogen-bond donors (Lipinski definition) is 0. The Kier molecular flexibility index (Phi) is 3.92. The number of ether oxygens (including phenoxy) is 1. The molecule has 0 saturated heterocycles. The van der Waals surface area contributed by atoms with E-state index >= 15 is 0 Å². The van der Waals surface area contributed by atoms with Crippen LogP contribution in [-0.4, -0.2) is 60.9 Å². The van der Waals surface area contributed by atoms with Crippen LogP contribution in [0.15, 0.2) is 12.4 Å². The van der Waals surface area contributed by atoms with Crippen molar-refractivity contribution in [2.24, 2.45) is 0 Å². The van der Waals surface area contributed by atoms with Gasteiger partial charge in [0, 0.05) is 34.4 Å². The molecule has 0 aliphatic heterocycles. The summed E-state index contributed by atoms with van der Waals surface area (Å²) in [4.78, 5) is 31.4. The molecule has 1 aliphatic carbocycles. The zero-order valence-electron chi connectivity index (χ0n) is 12.2. The van der Waals surface area contributed by atoms with Crippen LogP contribution in [-0.2, 0) is 0 Å². The normalized spacial score (nSPS) is 13.8. The van der Waals surface area contributed by atoms with Gasteiger partial charge in [-0.3, -0.25) is 14.6 Å². The fraction of sp³-hybridized carbons (Fsp3) is 0.500. The fourth-order valence-corrected chi connectivity index (χ4v) is 1.74. The van der Waals surface area contributed by atoms with Gasteiger partial charge in [0.1, 0.15) is 0 Å². The number of carbonyl (C=O) groups is 2. The summed E-state index contributed by atoms with van der Waals surface area (Å²) in [5.41, 5.74) is 0.558. The van der Waals surface area contributed by atoms with Crippen molar-refractivity contribution in [3.63, 3.8) is 0 Å². The Bertz CT molecular complexity index is 536. The Morgan fingerprint density at radius 2 is 1.70 bits per heavy atom. The molecule has 0 aromatic carbocycles. The van der Waals surface area contributed by atoms with E-state index in [1.807, 2.05) is 0 Å². The molecule has 0 bridgehead atoms. The fourth-order valence-electron chi connectivity index (χ4n) is 1.74. The molecule has 1 heterocycles. The van der Waals surface area contributed by atoms with Crippen molar-refractivity contribution in [3.05, 3.63) is 23.5 Å². The number of carbonyl (C=O) groups excluding carboxylic acids is 2. The average Bonchev–Trinajstić information content (AvgIpc) is 3.20. The van der Waals surface area contributed by atoms with Gasteiger partial charge < -0.3 is 14.5 Å². The third kappa shape index (κ3) is 2.89. The van der Waals surface area contributed by atoms with Gasteiger partial charge in [0.25, 0.3) is 11.8 Å². The van der Waals surface area contributed by atoms with Gasteiger partial charge in [0.2, 0.25) is 0 Å². The Hall–Kier alpha value is -2.11. The maximum absolute atomic E-state index is 12.4. The SMILES string of the molecule is CN(C)C(=O)c1cncc(OC2CC2)c1C(=O)N(C)C. The molecule has 0 N–H and O–H groups in total. The van der Waals surface area contributed by atoms with Crippen LogP contribution in [0.4, 0.5) is 0 Å². The van der Waals surface area contributed by atoms with Gasteiger partial charge >= 0.3 is 0 Å². The summed E-state index contributed by atoms with van der Waals surface area (Å²) in [6.45, 7) is 0. The number of hydrogen-bond acceptors (Lipinski definition) is 4. The lowest BCUT2D eigenvalue weighted by molar-refractivity contribution is 0.0785. The first-order valence-electron chi connectivity index (χ1n) is 6.49. The van der Waals surface area contributed by atoms with Gasteiger partial charge in [-0.05, 0) is 12.8 Å². The van der Waals surface area contributed by atoms with Crippen LogP contribution in [0, 0.1) is 0 Å². The number of rotatable bonds is 4. The van der Waals surface area contributed by atoms with Crippen LogP contribution < -0.4 is 4.74 Å². The van der Waals surface area contributed by atoms with Gasteiger partial charge in [-0.15, -0.1) is 0 Å². The minimum atomic E-state index is -0.260. The van der Waals surface area contributed by atoms with Gasteiger partial charge in [0.15, 0.2) is 5.75 Å². The molecule has 0 atom stereocenters.